The van der Waals surface area contributed by atoms with Crippen LogP contribution in [0.1, 0.15) is 59.3 Å². The second kappa shape index (κ2) is 9.89. The first-order chi connectivity index (χ1) is 8.13. The summed E-state index contributed by atoms with van der Waals surface area (Å²) in [6.07, 6.45) is 6.93. The summed E-state index contributed by atoms with van der Waals surface area (Å²) in [4.78, 5) is 11.4. The lowest BCUT2D eigenvalue weighted by molar-refractivity contribution is -0.138. The van der Waals surface area contributed by atoms with Crippen LogP contribution in [0.25, 0.3) is 0 Å². The van der Waals surface area contributed by atoms with Gasteiger partial charge in [-0.05, 0) is 20.3 Å². The van der Waals surface area contributed by atoms with Crippen LogP contribution in [-0.2, 0) is 9.53 Å². The van der Waals surface area contributed by atoms with Crippen LogP contribution in [0.15, 0.2) is 11.1 Å². The first-order valence-corrected chi connectivity index (χ1v) is 6.38. The van der Waals surface area contributed by atoms with Gasteiger partial charge in [0.15, 0.2) is 0 Å². The molecule has 0 atom stereocenters. The molecule has 0 rings (SSSR count). The Kier molecular flexibility index (Phi) is 9.14. The minimum absolute atomic E-state index is 0.135. The molecule has 0 N–H and O–H groups in total. The van der Waals surface area contributed by atoms with Crippen molar-refractivity contribution in [3.63, 3.8) is 0 Å². The van der Waals surface area contributed by atoms with E-state index in [-0.39, 0.29) is 5.57 Å². The zero-order chi connectivity index (χ0) is 13.1. The summed E-state index contributed by atoms with van der Waals surface area (Å²) in [5.41, 5.74) is 0.844. The highest BCUT2D eigenvalue weighted by atomic mass is 16.5. The summed E-state index contributed by atoms with van der Waals surface area (Å²) >= 11 is 0. The predicted molar refractivity (Wildman–Crippen MR) is 68.3 cm³/mol. The fourth-order valence-corrected chi connectivity index (χ4v) is 1.48. The number of hydrogen-bond acceptors (Lipinski definition) is 3. The smallest absolute Gasteiger partial charge is 0.348 e. The first-order valence-electron chi connectivity index (χ1n) is 6.38. The Morgan fingerprint density at radius 1 is 1.12 bits per heavy atom. The van der Waals surface area contributed by atoms with Gasteiger partial charge in [-0.3, -0.25) is 0 Å². The number of nitriles is 1. The average Bonchev–Trinajstić information content (AvgIpc) is 2.28. The number of carbonyl (C=O) groups is 1. The molecule has 0 aliphatic carbocycles. The molecule has 0 unspecified atom stereocenters. The fraction of sp³-hybridized carbons (Fsp3) is 0.714. The molecule has 0 amide bonds. The van der Waals surface area contributed by atoms with Gasteiger partial charge in [0.25, 0.3) is 0 Å². The van der Waals surface area contributed by atoms with E-state index in [9.17, 15) is 4.79 Å². The van der Waals surface area contributed by atoms with Crippen LogP contribution in [0.2, 0.25) is 0 Å². The third-order valence-electron chi connectivity index (χ3n) is 2.55. The van der Waals surface area contributed by atoms with Crippen LogP contribution in [0.5, 0.6) is 0 Å². The average molecular weight is 237 g/mol. The van der Waals surface area contributed by atoms with E-state index in [0.717, 1.165) is 12.8 Å². The van der Waals surface area contributed by atoms with Crippen LogP contribution in [0, 0.1) is 11.3 Å². The maximum absolute atomic E-state index is 11.4. The van der Waals surface area contributed by atoms with Gasteiger partial charge in [-0.2, -0.15) is 5.26 Å². The van der Waals surface area contributed by atoms with Gasteiger partial charge in [0.2, 0.25) is 0 Å². The molecule has 0 fully saturated rings. The normalized spacial score (nSPS) is 9.53. The van der Waals surface area contributed by atoms with Crippen LogP contribution in [0.4, 0.5) is 0 Å². The van der Waals surface area contributed by atoms with Crippen molar-refractivity contribution in [1.29, 1.82) is 5.26 Å². The molecule has 0 aliphatic rings. The molecule has 0 radical (unpaired) electrons. The highest BCUT2D eigenvalue weighted by molar-refractivity contribution is 5.93. The van der Waals surface area contributed by atoms with Crippen molar-refractivity contribution in [1.82, 2.24) is 0 Å². The third kappa shape index (κ3) is 7.57. The van der Waals surface area contributed by atoms with E-state index in [4.69, 9.17) is 10.00 Å². The molecular formula is C14H23NO2. The second-order valence-electron chi connectivity index (χ2n) is 4.39. The molecule has 0 aliphatic heterocycles. The van der Waals surface area contributed by atoms with Crippen LogP contribution >= 0.6 is 0 Å². The second-order valence-corrected chi connectivity index (χ2v) is 4.39. The fourth-order valence-electron chi connectivity index (χ4n) is 1.48. The number of rotatable bonds is 8. The molecule has 0 bridgehead atoms. The molecule has 0 saturated heterocycles. The number of nitrogens with zero attached hydrogens (tertiary/aromatic N) is 1. The van der Waals surface area contributed by atoms with E-state index in [0.29, 0.717) is 12.2 Å². The maximum atomic E-state index is 11.4. The van der Waals surface area contributed by atoms with Crippen molar-refractivity contribution in [3.8, 4) is 6.07 Å². The highest BCUT2D eigenvalue weighted by Crippen LogP contribution is 2.07. The monoisotopic (exact) mass is 237 g/mol. The van der Waals surface area contributed by atoms with Gasteiger partial charge in [0.05, 0.1) is 6.61 Å². The van der Waals surface area contributed by atoms with Gasteiger partial charge in [-0.1, -0.05) is 44.6 Å². The Morgan fingerprint density at radius 3 is 2.24 bits per heavy atom. The van der Waals surface area contributed by atoms with Gasteiger partial charge in [0.1, 0.15) is 11.6 Å². The van der Waals surface area contributed by atoms with Crippen LogP contribution in [0.3, 0.4) is 0 Å². The Hall–Kier alpha value is -1.30. The summed E-state index contributed by atoms with van der Waals surface area (Å²) in [7, 11) is 0. The largest absolute Gasteiger partial charge is 0.462 e. The highest BCUT2D eigenvalue weighted by Gasteiger charge is 2.11. The third-order valence-corrected chi connectivity index (χ3v) is 2.55. The number of allylic oxidation sites excluding steroid dienone is 1. The van der Waals surface area contributed by atoms with E-state index >= 15 is 0 Å². The molecule has 0 heterocycles. The summed E-state index contributed by atoms with van der Waals surface area (Å²) < 4.78 is 5.04. The van der Waals surface area contributed by atoms with Crippen molar-refractivity contribution < 1.29 is 9.53 Å². The molecule has 0 saturated carbocycles. The quantitative estimate of drug-likeness (QED) is 0.279. The zero-order valence-electron chi connectivity index (χ0n) is 11.2. The number of esters is 1. The van der Waals surface area contributed by atoms with Gasteiger partial charge in [0, 0.05) is 0 Å². The van der Waals surface area contributed by atoms with Crippen molar-refractivity contribution >= 4 is 5.97 Å². The summed E-state index contributed by atoms with van der Waals surface area (Å²) in [5.74, 6) is -0.485. The summed E-state index contributed by atoms with van der Waals surface area (Å²) in [6, 6.07) is 1.88. The molecule has 0 aromatic rings. The molecule has 96 valence electrons. The topological polar surface area (TPSA) is 50.1 Å². The lowest BCUT2D eigenvalue weighted by Crippen LogP contribution is -2.09. The molecular weight excluding hydrogens is 214 g/mol. The Labute approximate surface area is 104 Å². The molecule has 0 aromatic carbocycles. The van der Waals surface area contributed by atoms with Crippen LogP contribution in [-0.4, -0.2) is 12.6 Å². The van der Waals surface area contributed by atoms with Gasteiger partial charge in [-0.25, -0.2) is 4.79 Å². The lowest BCUT2D eigenvalue weighted by Gasteiger charge is -2.04. The van der Waals surface area contributed by atoms with Crippen molar-refractivity contribution in [2.45, 2.75) is 59.3 Å². The Bertz CT molecular complexity index is 296. The van der Waals surface area contributed by atoms with Gasteiger partial charge < -0.3 is 4.74 Å². The molecule has 3 nitrogen and oxygen atoms in total. The van der Waals surface area contributed by atoms with Gasteiger partial charge in [-0.15, -0.1) is 0 Å². The number of ether oxygens (including phenoxy) is 1. The van der Waals surface area contributed by atoms with E-state index < -0.39 is 5.97 Å². The minimum Gasteiger partial charge on any atom is -0.462 e. The molecule has 0 aromatic heterocycles. The summed E-state index contributed by atoms with van der Waals surface area (Å²) in [5, 5.41) is 8.76. The van der Waals surface area contributed by atoms with Gasteiger partial charge >= 0.3 is 5.97 Å². The van der Waals surface area contributed by atoms with E-state index in [1.54, 1.807) is 13.8 Å². The Balaban J connectivity index is 3.66. The first kappa shape index (κ1) is 15.7. The minimum atomic E-state index is -0.485. The SMILES string of the molecule is CCCCCCCCOC(=O)C(C#N)=C(C)C. The Morgan fingerprint density at radius 2 is 1.71 bits per heavy atom. The van der Waals surface area contributed by atoms with E-state index in [1.165, 1.54) is 25.7 Å². The van der Waals surface area contributed by atoms with Crippen molar-refractivity contribution in [2.75, 3.05) is 6.61 Å². The number of carbonyl (C=O) groups excluding carboxylic acids is 1. The van der Waals surface area contributed by atoms with E-state index in [2.05, 4.69) is 6.92 Å². The molecule has 17 heavy (non-hydrogen) atoms. The summed E-state index contributed by atoms with van der Waals surface area (Å²) in [6.45, 7) is 6.09. The van der Waals surface area contributed by atoms with Crippen molar-refractivity contribution in [2.24, 2.45) is 0 Å². The predicted octanol–water partition coefficient (Wildman–Crippen LogP) is 3.75. The van der Waals surface area contributed by atoms with Crippen LogP contribution < -0.4 is 0 Å². The number of unbranched alkanes of at least 4 members (excludes halogenated alkanes) is 5. The zero-order valence-corrected chi connectivity index (χ0v) is 11.2. The van der Waals surface area contributed by atoms with Crippen molar-refractivity contribution in [3.05, 3.63) is 11.1 Å². The van der Waals surface area contributed by atoms with E-state index in [1.807, 2.05) is 6.07 Å². The standard InChI is InChI=1S/C14H23NO2/c1-4-5-6-7-8-9-10-17-14(16)13(11-15)12(2)3/h4-10H2,1-3H3. The molecule has 3 heteroatoms. The maximum Gasteiger partial charge on any atom is 0.348 e. The number of hydrogen-bond donors (Lipinski definition) is 0. The molecule has 0 spiro atoms. The lowest BCUT2D eigenvalue weighted by atomic mass is 10.1.